The van der Waals surface area contributed by atoms with Gasteiger partial charge in [0.25, 0.3) is 5.56 Å². The lowest BCUT2D eigenvalue weighted by atomic mass is 10.1. The van der Waals surface area contributed by atoms with Crippen LogP contribution in [-0.4, -0.2) is 30.4 Å². The number of rotatable bonds is 8. The fraction of sp³-hybridized carbons (Fsp3) is 0.136. The Morgan fingerprint density at radius 1 is 1.14 bits per heavy atom. The van der Waals surface area contributed by atoms with Gasteiger partial charge in [0.1, 0.15) is 18.9 Å². The summed E-state index contributed by atoms with van der Waals surface area (Å²) in [5.74, 6) is 0.0751. The molecule has 2 aromatic carbocycles. The molecular formula is C22H21N3O4. The maximum absolute atomic E-state index is 12.5. The summed E-state index contributed by atoms with van der Waals surface area (Å²) in [4.78, 5) is 23.8. The van der Waals surface area contributed by atoms with E-state index in [-0.39, 0.29) is 12.1 Å². The number of carbonyl (C=O) groups is 1. The van der Waals surface area contributed by atoms with Crippen LogP contribution >= 0.6 is 0 Å². The van der Waals surface area contributed by atoms with Crippen molar-refractivity contribution in [2.24, 2.45) is 0 Å². The van der Waals surface area contributed by atoms with E-state index in [1.165, 1.54) is 17.7 Å². The zero-order valence-corrected chi connectivity index (χ0v) is 15.9. The Morgan fingerprint density at radius 3 is 2.62 bits per heavy atom. The highest BCUT2D eigenvalue weighted by Gasteiger charge is 2.08. The molecule has 1 aromatic heterocycles. The molecule has 0 aliphatic carbocycles. The predicted molar refractivity (Wildman–Crippen MR) is 111 cm³/mol. The highest BCUT2D eigenvalue weighted by Crippen LogP contribution is 2.19. The molecule has 0 aliphatic rings. The number of methoxy groups -OCH3 is 1. The Hall–Kier alpha value is -3.87. The van der Waals surface area contributed by atoms with E-state index in [0.29, 0.717) is 29.3 Å². The fourth-order valence-electron chi connectivity index (χ4n) is 2.72. The smallest absolute Gasteiger partial charge is 0.325 e. The molecule has 0 amide bonds. The molecule has 3 aromatic rings. The second-order valence-corrected chi connectivity index (χ2v) is 6.19. The topological polar surface area (TPSA) is 93.4 Å². The van der Waals surface area contributed by atoms with Crippen LogP contribution in [0.4, 0.5) is 5.69 Å². The summed E-state index contributed by atoms with van der Waals surface area (Å²) in [7, 11) is 1.31. The quantitative estimate of drug-likeness (QED) is 0.455. The number of anilines is 1. The van der Waals surface area contributed by atoms with E-state index in [1.54, 1.807) is 30.5 Å². The second-order valence-electron chi connectivity index (χ2n) is 6.19. The third kappa shape index (κ3) is 5.10. The minimum absolute atomic E-state index is 0.00984. The van der Waals surface area contributed by atoms with Crippen LogP contribution in [0, 0.1) is 5.41 Å². The SMILES string of the molecule is COC(=O)CNc1ccc(-n2ccc(OCc3ccccc3)cc2=O)cc1C=N. The molecule has 2 N–H and O–H groups in total. The van der Waals surface area contributed by atoms with Gasteiger partial charge in [-0.15, -0.1) is 0 Å². The molecule has 0 atom stereocenters. The fourth-order valence-corrected chi connectivity index (χ4v) is 2.72. The third-order valence-corrected chi connectivity index (χ3v) is 4.26. The molecule has 0 saturated carbocycles. The monoisotopic (exact) mass is 391 g/mol. The standard InChI is InChI=1S/C22H21N3O4/c1-28-22(27)14-24-20-8-7-18(11-17(20)13-23)25-10-9-19(12-21(25)26)29-15-16-5-3-2-4-6-16/h2-13,23-24H,14-15H2,1H3. The highest BCUT2D eigenvalue weighted by molar-refractivity contribution is 5.88. The van der Waals surface area contributed by atoms with Crippen molar-refractivity contribution >= 4 is 17.9 Å². The molecule has 3 rings (SSSR count). The van der Waals surface area contributed by atoms with Crippen LogP contribution in [-0.2, 0) is 16.1 Å². The van der Waals surface area contributed by atoms with Crippen LogP contribution < -0.4 is 15.6 Å². The first-order chi connectivity index (χ1) is 14.1. The third-order valence-electron chi connectivity index (χ3n) is 4.26. The summed E-state index contributed by atoms with van der Waals surface area (Å²) in [5, 5.41) is 10.5. The van der Waals surface area contributed by atoms with E-state index in [0.717, 1.165) is 11.8 Å². The Bertz CT molecular complexity index is 1060. The van der Waals surface area contributed by atoms with Gasteiger partial charge in [0, 0.05) is 35.4 Å². The van der Waals surface area contributed by atoms with Crippen molar-refractivity contribution in [2.45, 2.75) is 6.61 Å². The van der Waals surface area contributed by atoms with Crippen molar-refractivity contribution in [2.75, 3.05) is 19.0 Å². The molecular weight excluding hydrogens is 370 g/mol. The van der Waals surface area contributed by atoms with Crippen LogP contribution in [0.3, 0.4) is 0 Å². The number of benzene rings is 2. The van der Waals surface area contributed by atoms with Gasteiger partial charge in [-0.1, -0.05) is 30.3 Å². The lowest BCUT2D eigenvalue weighted by molar-refractivity contribution is -0.138. The minimum atomic E-state index is -0.410. The first-order valence-corrected chi connectivity index (χ1v) is 8.95. The first kappa shape index (κ1) is 19.9. The molecule has 0 aliphatic heterocycles. The summed E-state index contributed by atoms with van der Waals surface area (Å²) < 4.78 is 11.8. The Balaban J connectivity index is 1.76. The second kappa shape index (κ2) is 9.36. The Kier molecular flexibility index (Phi) is 6.42. The number of nitrogens with zero attached hydrogens (tertiary/aromatic N) is 1. The van der Waals surface area contributed by atoms with Gasteiger partial charge in [0.2, 0.25) is 0 Å². The number of hydrogen-bond donors (Lipinski definition) is 2. The lowest BCUT2D eigenvalue weighted by Gasteiger charge is -2.12. The van der Waals surface area contributed by atoms with Gasteiger partial charge in [-0.3, -0.25) is 14.2 Å². The lowest BCUT2D eigenvalue weighted by Crippen LogP contribution is -2.18. The Morgan fingerprint density at radius 2 is 1.93 bits per heavy atom. The number of carbonyl (C=O) groups excluding carboxylic acids is 1. The van der Waals surface area contributed by atoms with Crippen LogP contribution in [0.15, 0.2) is 71.7 Å². The number of ether oxygens (including phenoxy) is 2. The molecule has 0 radical (unpaired) electrons. The van der Waals surface area contributed by atoms with Crippen LogP contribution in [0.25, 0.3) is 5.69 Å². The maximum atomic E-state index is 12.5. The largest absolute Gasteiger partial charge is 0.489 e. The molecule has 0 fully saturated rings. The van der Waals surface area contributed by atoms with Gasteiger partial charge < -0.3 is 20.2 Å². The molecule has 0 unspecified atom stereocenters. The average molecular weight is 391 g/mol. The first-order valence-electron chi connectivity index (χ1n) is 8.95. The van der Waals surface area contributed by atoms with Crippen molar-refractivity contribution in [3.05, 3.63) is 88.3 Å². The highest BCUT2D eigenvalue weighted by atomic mass is 16.5. The predicted octanol–water partition coefficient (Wildman–Crippen LogP) is 3.00. The Labute approximate surface area is 168 Å². The van der Waals surface area contributed by atoms with E-state index in [2.05, 4.69) is 10.1 Å². The van der Waals surface area contributed by atoms with Gasteiger partial charge in [0.15, 0.2) is 0 Å². The summed E-state index contributed by atoms with van der Waals surface area (Å²) in [5.41, 5.74) is 2.52. The number of esters is 1. The molecule has 0 spiro atoms. The minimum Gasteiger partial charge on any atom is -0.489 e. The van der Waals surface area contributed by atoms with E-state index in [9.17, 15) is 9.59 Å². The van der Waals surface area contributed by atoms with Crippen molar-refractivity contribution < 1.29 is 14.3 Å². The molecule has 29 heavy (non-hydrogen) atoms. The van der Waals surface area contributed by atoms with Gasteiger partial charge in [-0.2, -0.15) is 0 Å². The summed E-state index contributed by atoms with van der Waals surface area (Å²) in [6, 6.07) is 18.0. The number of aromatic nitrogens is 1. The van der Waals surface area contributed by atoms with E-state index >= 15 is 0 Å². The molecule has 0 saturated heterocycles. The van der Waals surface area contributed by atoms with E-state index in [4.69, 9.17) is 10.1 Å². The number of pyridine rings is 1. The van der Waals surface area contributed by atoms with Gasteiger partial charge >= 0.3 is 5.97 Å². The van der Waals surface area contributed by atoms with Crippen LogP contribution in [0.1, 0.15) is 11.1 Å². The summed E-state index contributed by atoms with van der Waals surface area (Å²) in [6.07, 6.45) is 2.79. The number of nitrogens with one attached hydrogen (secondary N) is 2. The zero-order valence-electron chi connectivity index (χ0n) is 15.9. The van der Waals surface area contributed by atoms with Crippen molar-refractivity contribution in [3.8, 4) is 11.4 Å². The van der Waals surface area contributed by atoms with Gasteiger partial charge in [-0.05, 0) is 29.8 Å². The normalized spacial score (nSPS) is 10.2. The van der Waals surface area contributed by atoms with Crippen LogP contribution in [0.2, 0.25) is 0 Å². The molecule has 0 bridgehead atoms. The van der Waals surface area contributed by atoms with Crippen molar-refractivity contribution in [3.63, 3.8) is 0 Å². The zero-order chi connectivity index (χ0) is 20.6. The van der Waals surface area contributed by atoms with Crippen molar-refractivity contribution in [1.82, 2.24) is 4.57 Å². The van der Waals surface area contributed by atoms with Crippen molar-refractivity contribution in [1.29, 1.82) is 5.41 Å². The summed E-state index contributed by atoms with van der Waals surface area (Å²) in [6.45, 7) is 0.368. The molecule has 7 heteroatoms. The van der Waals surface area contributed by atoms with Gasteiger partial charge in [-0.25, -0.2) is 0 Å². The molecule has 148 valence electrons. The summed E-state index contributed by atoms with van der Waals surface area (Å²) >= 11 is 0. The van der Waals surface area contributed by atoms with E-state index in [1.807, 2.05) is 30.3 Å². The molecule has 7 nitrogen and oxygen atoms in total. The van der Waals surface area contributed by atoms with Gasteiger partial charge in [0.05, 0.1) is 7.11 Å². The van der Waals surface area contributed by atoms with Crippen LogP contribution in [0.5, 0.6) is 5.75 Å². The van der Waals surface area contributed by atoms with E-state index < -0.39 is 5.97 Å². The number of hydrogen-bond acceptors (Lipinski definition) is 6. The maximum Gasteiger partial charge on any atom is 0.325 e. The average Bonchev–Trinajstić information content (AvgIpc) is 2.76. The molecule has 1 heterocycles.